The Bertz CT molecular complexity index is 1040. The molecule has 1 aliphatic heterocycles. The van der Waals surface area contributed by atoms with Crippen molar-refractivity contribution in [2.75, 3.05) is 25.0 Å². The molecule has 0 spiro atoms. The summed E-state index contributed by atoms with van der Waals surface area (Å²) in [6, 6.07) is 11.3. The number of benzene rings is 1. The number of rotatable bonds is 6. The van der Waals surface area contributed by atoms with Gasteiger partial charge in [0.1, 0.15) is 11.4 Å². The first kappa shape index (κ1) is 25.2. The summed E-state index contributed by atoms with van der Waals surface area (Å²) in [4.78, 5) is 31.4. The minimum atomic E-state index is -0.546. The SMILES string of the molecule is CCOC(=O)c1cc(C2CCN(C(=O)OC(C)(C)C)CC2)c(C(C)=N)c(Nc2ccccc2)n1. The van der Waals surface area contributed by atoms with Gasteiger partial charge in [-0.2, -0.15) is 0 Å². The van der Waals surface area contributed by atoms with Crippen LogP contribution in [-0.4, -0.2) is 53.0 Å². The molecular formula is C26H34N4O4. The zero-order chi connectivity index (χ0) is 24.9. The zero-order valence-corrected chi connectivity index (χ0v) is 20.6. The van der Waals surface area contributed by atoms with Crippen LogP contribution in [-0.2, 0) is 9.47 Å². The third-order valence-electron chi connectivity index (χ3n) is 5.53. The number of piperidine rings is 1. The largest absolute Gasteiger partial charge is 0.461 e. The van der Waals surface area contributed by atoms with Gasteiger partial charge in [0, 0.05) is 30.1 Å². The maximum Gasteiger partial charge on any atom is 0.410 e. The van der Waals surface area contributed by atoms with Crippen molar-refractivity contribution in [1.82, 2.24) is 9.88 Å². The quantitative estimate of drug-likeness (QED) is 0.430. The summed E-state index contributed by atoms with van der Waals surface area (Å²) in [6.07, 6.45) is 1.07. The van der Waals surface area contributed by atoms with Crippen molar-refractivity contribution >= 4 is 29.3 Å². The first-order chi connectivity index (χ1) is 16.1. The van der Waals surface area contributed by atoms with Crippen molar-refractivity contribution in [2.24, 2.45) is 0 Å². The number of carbonyl (C=O) groups is 2. The molecule has 0 atom stereocenters. The fourth-order valence-electron chi connectivity index (χ4n) is 4.04. The van der Waals surface area contributed by atoms with Gasteiger partial charge in [-0.3, -0.25) is 0 Å². The van der Waals surface area contributed by atoms with E-state index in [4.69, 9.17) is 14.9 Å². The number of amides is 1. The molecule has 8 heteroatoms. The number of ether oxygens (including phenoxy) is 2. The minimum absolute atomic E-state index is 0.0569. The second kappa shape index (κ2) is 10.7. The molecule has 0 unspecified atom stereocenters. The molecule has 2 N–H and O–H groups in total. The first-order valence-electron chi connectivity index (χ1n) is 11.7. The molecule has 2 heterocycles. The highest BCUT2D eigenvalue weighted by Gasteiger charge is 2.30. The maximum atomic E-state index is 12.6. The summed E-state index contributed by atoms with van der Waals surface area (Å²) in [7, 11) is 0. The van der Waals surface area contributed by atoms with Crippen molar-refractivity contribution in [3.8, 4) is 0 Å². The van der Waals surface area contributed by atoms with Crippen LogP contribution in [0.1, 0.15) is 75.0 Å². The summed E-state index contributed by atoms with van der Waals surface area (Å²) < 4.78 is 10.7. The van der Waals surface area contributed by atoms with Crippen LogP contribution in [0.25, 0.3) is 0 Å². The molecule has 0 radical (unpaired) electrons. The average molecular weight is 467 g/mol. The Labute approximate surface area is 201 Å². The normalized spacial score (nSPS) is 14.4. The van der Waals surface area contributed by atoms with Crippen molar-refractivity contribution in [3.05, 3.63) is 53.2 Å². The number of esters is 1. The van der Waals surface area contributed by atoms with Gasteiger partial charge in [0.15, 0.2) is 5.69 Å². The van der Waals surface area contributed by atoms with Gasteiger partial charge in [-0.05, 0) is 77.1 Å². The van der Waals surface area contributed by atoms with E-state index in [-0.39, 0.29) is 24.3 Å². The van der Waals surface area contributed by atoms with E-state index in [1.165, 1.54) is 0 Å². The van der Waals surface area contributed by atoms with Gasteiger partial charge in [0.25, 0.3) is 0 Å². The number of nitrogens with one attached hydrogen (secondary N) is 2. The molecule has 1 aliphatic rings. The lowest BCUT2D eigenvalue weighted by Gasteiger charge is -2.34. The van der Waals surface area contributed by atoms with Crippen LogP contribution in [0, 0.1) is 5.41 Å². The first-order valence-corrected chi connectivity index (χ1v) is 11.7. The molecule has 0 bridgehead atoms. The van der Waals surface area contributed by atoms with E-state index < -0.39 is 11.6 Å². The van der Waals surface area contributed by atoms with Crippen LogP contribution >= 0.6 is 0 Å². The van der Waals surface area contributed by atoms with E-state index in [9.17, 15) is 9.59 Å². The van der Waals surface area contributed by atoms with Crippen molar-refractivity contribution in [1.29, 1.82) is 5.41 Å². The van der Waals surface area contributed by atoms with Gasteiger partial charge in [-0.15, -0.1) is 0 Å². The van der Waals surface area contributed by atoms with Crippen molar-refractivity contribution < 1.29 is 19.1 Å². The standard InChI is InChI=1S/C26H34N4O4/c1-6-33-24(31)21-16-20(18-12-14-30(15-13-18)25(32)34-26(3,4)5)22(17(2)27)23(29-21)28-19-10-8-7-9-11-19/h7-11,16,18,27H,6,12-15H2,1-5H3,(H,28,29). The number of pyridine rings is 1. The second-order valence-electron chi connectivity index (χ2n) is 9.40. The number of hydrogen-bond acceptors (Lipinski definition) is 7. The maximum absolute atomic E-state index is 12.6. The van der Waals surface area contributed by atoms with Gasteiger partial charge >= 0.3 is 12.1 Å². The van der Waals surface area contributed by atoms with Crippen LogP contribution in [0.4, 0.5) is 16.3 Å². The number of nitrogens with zero attached hydrogens (tertiary/aromatic N) is 2. The molecule has 0 aliphatic carbocycles. The zero-order valence-electron chi connectivity index (χ0n) is 20.6. The van der Waals surface area contributed by atoms with Crippen LogP contribution in [0.3, 0.4) is 0 Å². The van der Waals surface area contributed by atoms with Crippen LogP contribution in [0.5, 0.6) is 0 Å². The molecule has 1 aromatic carbocycles. The number of aromatic nitrogens is 1. The van der Waals surface area contributed by atoms with Crippen molar-refractivity contribution in [2.45, 2.75) is 59.0 Å². The predicted octanol–water partition coefficient (Wildman–Crippen LogP) is 5.50. The Hall–Kier alpha value is -3.42. The highest BCUT2D eigenvalue weighted by molar-refractivity contribution is 6.04. The topological polar surface area (TPSA) is 105 Å². The third-order valence-corrected chi connectivity index (χ3v) is 5.53. The van der Waals surface area contributed by atoms with Crippen LogP contribution in [0.2, 0.25) is 0 Å². The van der Waals surface area contributed by atoms with Gasteiger partial charge < -0.3 is 25.1 Å². The number of carbonyl (C=O) groups excluding carboxylic acids is 2. The van der Waals surface area contributed by atoms with E-state index in [0.29, 0.717) is 43.0 Å². The van der Waals surface area contributed by atoms with Crippen LogP contribution < -0.4 is 5.32 Å². The Kier molecular flexibility index (Phi) is 7.91. The molecule has 182 valence electrons. The summed E-state index contributed by atoms with van der Waals surface area (Å²) in [6.45, 7) is 10.4. The fourth-order valence-corrected chi connectivity index (χ4v) is 4.04. The van der Waals surface area contributed by atoms with E-state index in [1.807, 2.05) is 51.1 Å². The van der Waals surface area contributed by atoms with Crippen molar-refractivity contribution in [3.63, 3.8) is 0 Å². The molecular weight excluding hydrogens is 432 g/mol. The van der Waals surface area contributed by atoms with Gasteiger partial charge in [0.05, 0.1) is 6.61 Å². The molecule has 1 saturated heterocycles. The monoisotopic (exact) mass is 466 g/mol. The lowest BCUT2D eigenvalue weighted by atomic mass is 9.85. The van der Waals surface area contributed by atoms with Gasteiger partial charge in [-0.1, -0.05) is 18.2 Å². The lowest BCUT2D eigenvalue weighted by Crippen LogP contribution is -2.41. The third kappa shape index (κ3) is 6.34. The Morgan fingerprint density at radius 2 is 1.82 bits per heavy atom. The Morgan fingerprint density at radius 1 is 1.18 bits per heavy atom. The highest BCUT2D eigenvalue weighted by atomic mass is 16.6. The lowest BCUT2D eigenvalue weighted by molar-refractivity contribution is 0.0204. The summed E-state index contributed by atoms with van der Waals surface area (Å²) in [5.41, 5.74) is 2.36. The molecule has 2 aromatic rings. The van der Waals surface area contributed by atoms with E-state index >= 15 is 0 Å². The van der Waals surface area contributed by atoms with E-state index in [0.717, 1.165) is 11.3 Å². The smallest absolute Gasteiger partial charge is 0.410 e. The number of anilines is 2. The number of para-hydroxylation sites is 1. The average Bonchev–Trinajstić information content (AvgIpc) is 2.78. The molecule has 1 fully saturated rings. The van der Waals surface area contributed by atoms with E-state index in [1.54, 1.807) is 24.8 Å². The molecule has 0 saturated carbocycles. The summed E-state index contributed by atoms with van der Waals surface area (Å²) in [5, 5.41) is 11.8. The Morgan fingerprint density at radius 3 is 2.38 bits per heavy atom. The number of likely N-dealkylation sites (tertiary alicyclic amines) is 1. The van der Waals surface area contributed by atoms with Gasteiger partial charge in [0.2, 0.25) is 0 Å². The van der Waals surface area contributed by atoms with Gasteiger partial charge in [-0.25, -0.2) is 14.6 Å². The predicted molar refractivity (Wildman–Crippen MR) is 132 cm³/mol. The number of hydrogen-bond donors (Lipinski definition) is 2. The summed E-state index contributed by atoms with van der Waals surface area (Å²) >= 11 is 0. The summed E-state index contributed by atoms with van der Waals surface area (Å²) in [5.74, 6) is 0.00977. The highest BCUT2D eigenvalue weighted by Crippen LogP contribution is 2.35. The minimum Gasteiger partial charge on any atom is -0.461 e. The van der Waals surface area contributed by atoms with E-state index in [2.05, 4.69) is 10.3 Å². The molecule has 34 heavy (non-hydrogen) atoms. The fraction of sp³-hybridized carbons (Fsp3) is 0.462. The second-order valence-corrected chi connectivity index (χ2v) is 9.40. The Balaban J connectivity index is 1.94. The molecule has 1 amide bonds. The molecule has 3 rings (SSSR count). The molecule has 8 nitrogen and oxygen atoms in total. The molecule has 1 aromatic heterocycles. The van der Waals surface area contributed by atoms with Crippen LogP contribution in [0.15, 0.2) is 36.4 Å².